The summed E-state index contributed by atoms with van der Waals surface area (Å²) in [5, 5.41) is 8.30. The van der Waals surface area contributed by atoms with Gasteiger partial charge < -0.3 is 5.32 Å². The van der Waals surface area contributed by atoms with Crippen LogP contribution in [0.2, 0.25) is 0 Å². The molecule has 0 aliphatic rings. The molecule has 0 aliphatic carbocycles. The van der Waals surface area contributed by atoms with E-state index in [-0.39, 0.29) is 6.04 Å². The third-order valence-electron chi connectivity index (χ3n) is 4.42. The van der Waals surface area contributed by atoms with Gasteiger partial charge in [0.05, 0.1) is 17.8 Å². The first-order chi connectivity index (χ1) is 10.1. The lowest BCUT2D eigenvalue weighted by Gasteiger charge is -2.28. The fourth-order valence-corrected chi connectivity index (χ4v) is 3.32. The van der Waals surface area contributed by atoms with Gasteiger partial charge in [0.15, 0.2) is 0 Å². The Hall–Kier alpha value is -1.61. The highest BCUT2D eigenvalue weighted by Crippen LogP contribution is 2.31. The lowest BCUT2D eigenvalue weighted by Crippen LogP contribution is -2.28. The van der Waals surface area contributed by atoms with Gasteiger partial charge in [0.1, 0.15) is 0 Å². The second kappa shape index (κ2) is 6.90. The number of nitrogens with one attached hydrogen (secondary N) is 1. The predicted octanol–water partition coefficient (Wildman–Crippen LogP) is 3.97. The first-order valence-corrected chi connectivity index (χ1v) is 7.90. The van der Waals surface area contributed by atoms with Crippen LogP contribution in [0.4, 0.5) is 0 Å². The van der Waals surface area contributed by atoms with E-state index in [1.807, 2.05) is 7.05 Å². The second-order valence-electron chi connectivity index (χ2n) is 5.60. The molecule has 0 bridgehead atoms. The zero-order chi connectivity index (χ0) is 15.4. The summed E-state index contributed by atoms with van der Waals surface area (Å²) in [5.41, 5.74) is 5.17. The lowest BCUT2D eigenvalue weighted by atomic mass is 9.97. The summed E-state index contributed by atoms with van der Waals surface area (Å²) in [6, 6.07) is 11.3. The van der Waals surface area contributed by atoms with Crippen molar-refractivity contribution in [1.82, 2.24) is 15.1 Å². The van der Waals surface area contributed by atoms with Crippen LogP contribution in [0.15, 0.2) is 30.3 Å². The molecule has 114 valence electrons. The molecular formula is C18H27N3. The van der Waals surface area contributed by atoms with Crippen LogP contribution < -0.4 is 5.32 Å². The molecule has 0 saturated heterocycles. The van der Waals surface area contributed by atoms with Crippen LogP contribution >= 0.6 is 0 Å². The minimum atomic E-state index is 0.277. The number of aromatic nitrogens is 2. The standard InChI is InChI=1S/C18H27N3/c1-6-16-13(3)20-21(14(16)4)17(7-2)18(19-5)15-11-9-8-10-12-15/h8-12,17-19H,6-7H2,1-5H3. The van der Waals surface area contributed by atoms with Gasteiger partial charge in [-0.05, 0) is 44.9 Å². The van der Waals surface area contributed by atoms with Gasteiger partial charge in [0, 0.05) is 5.69 Å². The molecule has 1 heterocycles. The summed E-state index contributed by atoms with van der Waals surface area (Å²) in [6.07, 6.45) is 2.09. The maximum atomic E-state index is 4.82. The van der Waals surface area contributed by atoms with Crippen LogP contribution in [0, 0.1) is 13.8 Å². The predicted molar refractivity (Wildman–Crippen MR) is 88.6 cm³/mol. The number of nitrogens with zero attached hydrogens (tertiary/aromatic N) is 2. The molecular weight excluding hydrogens is 258 g/mol. The molecule has 2 unspecified atom stereocenters. The molecule has 3 heteroatoms. The Labute approximate surface area is 128 Å². The minimum absolute atomic E-state index is 0.277. The molecule has 0 spiro atoms. The van der Waals surface area contributed by atoms with Gasteiger partial charge in [-0.2, -0.15) is 5.10 Å². The van der Waals surface area contributed by atoms with Gasteiger partial charge in [-0.1, -0.05) is 44.2 Å². The summed E-state index contributed by atoms with van der Waals surface area (Å²) >= 11 is 0. The van der Waals surface area contributed by atoms with Crippen molar-refractivity contribution in [2.24, 2.45) is 0 Å². The Bertz CT molecular complexity index is 572. The molecule has 2 atom stereocenters. The SMILES string of the molecule is CCc1c(C)nn(C(CC)C(NC)c2ccccc2)c1C. The molecule has 2 aromatic rings. The molecule has 1 aromatic carbocycles. The molecule has 0 saturated carbocycles. The zero-order valence-electron chi connectivity index (χ0n) is 13.9. The van der Waals surface area contributed by atoms with Gasteiger partial charge in [0.2, 0.25) is 0 Å². The van der Waals surface area contributed by atoms with Crippen molar-refractivity contribution in [3.8, 4) is 0 Å². The fraction of sp³-hybridized carbons (Fsp3) is 0.500. The van der Waals surface area contributed by atoms with E-state index in [1.165, 1.54) is 16.8 Å². The Morgan fingerprint density at radius 2 is 1.81 bits per heavy atom. The summed E-state index contributed by atoms with van der Waals surface area (Å²) in [6.45, 7) is 8.75. The summed E-state index contributed by atoms with van der Waals surface area (Å²) in [5.74, 6) is 0. The highest BCUT2D eigenvalue weighted by Gasteiger charge is 2.25. The first kappa shape index (κ1) is 15.8. The van der Waals surface area contributed by atoms with Crippen LogP contribution in [0.3, 0.4) is 0 Å². The highest BCUT2D eigenvalue weighted by molar-refractivity contribution is 5.26. The second-order valence-corrected chi connectivity index (χ2v) is 5.60. The molecule has 0 fully saturated rings. The molecule has 0 aliphatic heterocycles. The van der Waals surface area contributed by atoms with E-state index < -0.39 is 0 Å². The lowest BCUT2D eigenvalue weighted by molar-refractivity contribution is 0.330. The van der Waals surface area contributed by atoms with Crippen molar-refractivity contribution in [2.45, 2.75) is 52.6 Å². The van der Waals surface area contributed by atoms with Crippen molar-refractivity contribution in [3.63, 3.8) is 0 Å². The normalized spacial score (nSPS) is 14.1. The van der Waals surface area contributed by atoms with E-state index in [2.05, 4.69) is 68.0 Å². The Morgan fingerprint density at radius 1 is 1.14 bits per heavy atom. The van der Waals surface area contributed by atoms with E-state index in [0.29, 0.717) is 6.04 Å². The summed E-state index contributed by atoms with van der Waals surface area (Å²) < 4.78 is 2.22. The monoisotopic (exact) mass is 285 g/mol. The smallest absolute Gasteiger partial charge is 0.0714 e. The van der Waals surface area contributed by atoms with Crippen LogP contribution in [-0.4, -0.2) is 16.8 Å². The molecule has 2 rings (SSSR count). The Balaban J connectivity index is 2.43. The van der Waals surface area contributed by atoms with Crippen molar-refractivity contribution in [1.29, 1.82) is 0 Å². The van der Waals surface area contributed by atoms with Gasteiger partial charge >= 0.3 is 0 Å². The van der Waals surface area contributed by atoms with Gasteiger partial charge in [-0.15, -0.1) is 0 Å². The minimum Gasteiger partial charge on any atom is -0.311 e. The molecule has 0 amide bonds. The van der Waals surface area contributed by atoms with E-state index in [1.54, 1.807) is 0 Å². The van der Waals surface area contributed by atoms with E-state index in [9.17, 15) is 0 Å². The van der Waals surface area contributed by atoms with Crippen LogP contribution in [0.1, 0.15) is 54.9 Å². The quantitative estimate of drug-likeness (QED) is 0.870. The summed E-state index contributed by atoms with van der Waals surface area (Å²) in [7, 11) is 2.03. The number of rotatable bonds is 6. The maximum Gasteiger partial charge on any atom is 0.0714 e. The average molecular weight is 285 g/mol. The van der Waals surface area contributed by atoms with E-state index >= 15 is 0 Å². The number of hydrogen-bond donors (Lipinski definition) is 1. The van der Waals surface area contributed by atoms with Crippen molar-refractivity contribution >= 4 is 0 Å². The van der Waals surface area contributed by atoms with Crippen molar-refractivity contribution < 1.29 is 0 Å². The van der Waals surface area contributed by atoms with Gasteiger partial charge in [0.25, 0.3) is 0 Å². The molecule has 1 aromatic heterocycles. The van der Waals surface area contributed by atoms with Crippen LogP contribution in [-0.2, 0) is 6.42 Å². The van der Waals surface area contributed by atoms with E-state index in [4.69, 9.17) is 5.10 Å². The highest BCUT2D eigenvalue weighted by atomic mass is 15.3. The topological polar surface area (TPSA) is 29.9 Å². The molecule has 0 radical (unpaired) electrons. The largest absolute Gasteiger partial charge is 0.311 e. The molecule has 3 nitrogen and oxygen atoms in total. The van der Waals surface area contributed by atoms with Crippen molar-refractivity contribution in [2.75, 3.05) is 7.05 Å². The fourth-order valence-electron chi connectivity index (χ4n) is 3.32. The Kier molecular flexibility index (Phi) is 5.18. The maximum absolute atomic E-state index is 4.82. The average Bonchev–Trinajstić information content (AvgIpc) is 2.79. The number of aryl methyl sites for hydroxylation is 1. The van der Waals surface area contributed by atoms with Crippen LogP contribution in [0.5, 0.6) is 0 Å². The number of likely N-dealkylation sites (N-methyl/N-ethyl adjacent to an activating group) is 1. The van der Waals surface area contributed by atoms with Crippen LogP contribution in [0.25, 0.3) is 0 Å². The molecule has 21 heavy (non-hydrogen) atoms. The number of benzene rings is 1. The van der Waals surface area contributed by atoms with Crippen molar-refractivity contribution in [3.05, 3.63) is 52.8 Å². The third-order valence-corrected chi connectivity index (χ3v) is 4.42. The Morgan fingerprint density at radius 3 is 2.29 bits per heavy atom. The van der Waals surface area contributed by atoms with Gasteiger partial charge in [-0.25, -0.2) is 0 Å². The first-order valence-electron chi connectivity index (χ1n) is 7.90. The zero-order valence-corrected chi connectivity index (χ0v) is 13.9. The van der Waals surface area contributed by atoms with E-state index in [0.717, 1.165) is 18.5 Å². The third kappa shape index (κ3) is 3.03. The number of hydrogen-bond acceptors (Lipinski definition) is 2. The summed E-state index contributed by atoms with van der Waals surface area (Å²) in [4.78, 5) is 0. The molecule has 1 N–H and O–H groups in total. The van der Waals surface area contributed by atoms with Gasteiger partial charge in [-0.3, -0.25) is 4.68 Å².